The SMILES string of the molecule is CC(C)C(N)C(=O)N1CCCC1C(=O)NC(C(=O)NC(CS)C(=O)O)C(C)O. The first-order chi connectivity index (χ1) is 13.0. The van der Waals surface area contributed by atoms with E-state index in [9.17, 15) is 24.3 Å². The second-order valence-corrected chi connectivity index (χ2v) is 7.63. The topological polar surface area (TPSA) is 162 Å². The molecule has 0 saturated carbocycles. The minimum Gasteiger partial charge on any atom is -0.480 e. The number of carboxylic acids is 1. The van der Waals surface area contributed by atoms with Crippen molar-refractivity contribution in [2.45, 2.75) is 63.9 Å². The molecule has 5 atom stereocenters. The summed E-state index contributed by atoms with van der Waals surface area (Å²) in [4.78, 5) is 50.0. The molecule has 6 N–H and O–H groups in total. The first-order valence-corrected chi connectivity index (χ1v) is 9.83. The number of likely N-dealkylation sites (tertiary alicyclic amines) is 1. The number of thiol groups is 1. The standard InChI is InChI=1S/C17H30N4O6S/c1-8(2)12(18)16(25)21-6-4-5-11(21)14(23)20-13(9(3)22)15(24)19-10(7-28)17(26)27/h8-13,22,28H,4-7,18H2,1-3H3,(H,19,24)(H,20,23)(H,26,27). The van der Waals surface area contributed by atoms with Crippen LogP contribution < -0.4 is 16.4 Å². The van der Waals surface area contributed by atoms with Crippen molar-refractivity contribution < 1.29 is 29.4 Å². The lowest BCUT2D eigenvalue weighted by Gasteiger charge is -2.30. The minimum absolute atomic E-state index is 0.0954. The van der Waals surface area contributed by atoms with Crippen LogP contribution in [0.25, 0.3) is 0 Å². The van der Waals surface area contributed by atoms with Gasteiger partial charge < -0.3 is 31.5 Å². The van der Waals surface area contributed by atoms with Crippen LogP contribution in [0.5, 0.6) is 0 Å². The van der Waals surface area contributed by atoms with E-state index in [1.165, 1.54) is 11.8 Å². The van der Waals surface area contributed by atoms with Crippen LogP contribution in [0.4, 0.5) is 0 Å². The molecule has 3 amide bonds. The van der Waals surface area contributed by atoms with E-state index in [1.54, 1.807) is 0 Å². The van der Waals surface area contributed by atoms with Crippen LogP contribution in [0.2, 0.25) is 0 Å². The predicted octanol–water partition coefficient (Wildman–Crippen LogP) is -1.67. The Balaban J connectivity index is 2.86. The van der Waals surface area contributed by atoms with Crippen LogP contribution >= 0.6 is 12.6 Å². The van der Waals surface area contributed by atoms with Gasteiger partial charge in [0.15, 0.2) is 0 Å². The second-order valence-electron chi connectivity index (χ2n) is 7.27. The number of carbonyl (C=O) groups is 4. The number of aliphatic hydroxyl groups is 1. The summed E-state index contributed by atoms with van der Waals surface area (Å²) in [5.74, 6) is -3.32. The maximum atomic E-state index is 12.7. The number of nitrogens with one attached hydrogen (secondary N) is 2. The lowest BCUT2D eigenvalue weighted by Crippen LogP contribution is -2.59. The van der Waals surface area contributed by atoms with Gasteiger partial charge in [0.2, 0.25) is 17.7 Å². The molecule has 0 spiro atoms. The summed E-state index contributed by atoms with van der Waals surface area (Å²) in [7, 11) is 0. The van der Waals surface area contributed by atoms with Gasteiger partial charge in [-0.2, -0.15) is 12.6 Å². The lowest BCUT2D eigenvalue weighted by atomic mass is 10.0. The number of aliphatic hydroxyl groups excluding tert-OH is 1. The molecule has 1 rings (SSSR count). The zero-order valence-electron chi connectivity index (χ0n) is 16.3. The Morgan fingerprint density at radius 1 is 1.21 bits per heavy atom. The van der Waals surface area contributed by atoms with Crippen molar-refractivity contribution >= 4 is 36.3 Å². The quantitative estimate of drug-likeness (QED) is 0.244. The Hall–Kier alpha value is -1.85. The Kier molecular flexibility index (Phi) is 9.18. The summed E-state index contributed by atoms with van der Waals surface area (Å²) in [5.41, 5.74) is 5.91. The monoisotopic (exact) mass is 418 g/mol. The average Bonchev–Trinajstić information content (AvgIpc) is 3.11. The van der Waals surface area contributed by atoms with Crippen LogP contribution in [-0.2, 0) is 19.2 Å². The van der Waals surface area contributed by atoms with Crippen LogP contribution in [0.15, 0.2) is 0 Å². The molecule has 28 heavy (non-hydrogen) atoms. The van der Waals surface area contributed by atoms with Crippen LogP contribution in [0, 0.1) is 5.92 Å². The number of carbonyl (C=O) groups excluding carboxylic acids is 3. The van der Waals surface area contributed by atoms with Crippen molar-refractivity contribution in [1.82, 2.24) is 15.5 Å². The Morgan fingerprint density at radius 2 is 1.82 bits per heavy atom. The van der Waals surface area contributed by atoms with Crippen LogP contribution in [0.3, 0.4) is 0 Å². The van der Waals surface area contributed by atoms with Crippen LogP contribution in [-0.4, -0.2) is 81.4 Å². The zero-order chi connectivity index (χ0) is 21.6. The number of aliphatic carboxylic acids is 1. The summed E-state index contributed by atoms with van der Waals surface area (Å²) in [5, 5.41) is 23.6. The normalized spacial score (nSPS) is 21.0. The summed E-state index contributed by atoms with van der Waals surface area (Å²) < 4.78 is 0. The molecule has 0 aromatic heterocycles. The minimum atomic E-state index is -1.37. The third-order valence-corrected chi connectivity index (χ3v) is 5.07. The van der Waals surface area contributed by atoms with E-state index in [0.717, 1.165) is 0 Å². The number of hydrogen-bond acceptors (Lipinski definition) is 7. The lowest BCUT2D eigenvalue weighted by molar-refractivity contribution is -0.143. The molecule has 1 saturated heterocycles. The van der Waals surface area contributed by atoms with Crippen LogP contribution in [0.1, 0.15) is 33.6 Å². The molecule has 0 bridgehead atoms. The molecule has 1 aliphatic heterocycles. The first-order valence-electron chi connectivity index (χ1n) is 9.19. The molecule has 0 radical (unpaired) electrons. The predicted molar refractivity (Wildman–Crippen MR) is 105 cm³/mol. The highest BCUT2D eigenvalue weighted by molar-refractivity contribution is 7.80. The zero-order valence-corrected chi connectivity index (χ0v) is 17.2. The third-order valence-electron chi connectivity index (χ3n) is 4.70. The number of rotatable bonds is 9. The van der Waals surface area contributed by atoms with Gasteiger partial charge >= 0.3 is 5.97 Å². The van der Waals surface area contributed by atoms with E-state index in [1.807, 2.05) is 13.8 Å². The smallest absolute Gasteiger partial charge is 0.327 e. The molecule has 1 heterocycles. The van der Waals surface area contributed by atoms with E-state index >= 15 is 0 Å². The Labute approximate surface area is 169 Å². The van der Waals surface area contributed by atoms with Crippen molar-refractivity contribution in [3.8, 4) is 0 Å². The number of amides is 3. The molecule has 10 nitrogen and oxygen atoms in total. The van der Waals surface area contributed by atoms with Gasteiger partial charge in [-0.25, -0.2) is 4.79 Å². The van der Waals surface area contributed by atoms with E-state index in [4.69, 9.17) is 10.8 Å². The summed E-state index contributed by atoms with van der Waals surface area (Å²) in [6, 6.07) is -4.17. The molecule has 11 heteroatoms. The van der Waals surface area contributed by atoms with Crippen molar-refractivity contribution in [3.05, 3.63) is 0 Å². The van der Waals surface area contributed by atoms with Gasteiger partial charge in [0.25, 0.3) is 0 Å². The number of carboxylic acid groups (broad SMARTS) is 1. The van der Waals surface area contributed by atoms with Gasteiger partial charge in [0.05, 0.1) is 12.1 Å². The highest BCUT2D eigenvalue weighted by Gasteiger charge is 2.39. The van der Waals surface area contributed by atoms with Gasteiger partial charge in [0.1, 0.15) is 18.1 Å². The molecular formula is C17H30N4O6S. The van der Waals surface area contributed by atoms with Gasteiger partial charge in [-0.1, -0.05) is 13.8 Å². The molecule has 1 fully saturated rings. The maximum Gasteiger partial charge on any atom is 0.327 e. The van der Waals surface area contributed by atoms with Gasteiger partial charge in [-0.05, 0) is 25.7 Å². The maximum absolute atomic E-state index is 12.7. The Morgan fingerprint density at radius 3 is 2.29 bits per heavy atom. The Bertz CT molecular complexity index is 600. The van der Waals surface area contributed by atoms with E-state index in [2.05, 4.69) is 23.3 Å². The fourth-order valence-corrected chi connectivity index (χ4v) is 3.13. The summed E-state index contributed by atoms with van der Waals surface area (Å²) >= 11 is 3.86. The largest absolute Gasteiger partial charge is 0.480 e. The molecular weight excluding hydrogens is 388 g/mol. The number of nitrogens with zero attached hydrogens (tertiary/aromatic N) is 1. The molecule has 5 unspecified atom stereocenters. The van der Waals surface area contributed by atoms with Gasteiger partial charge in [0, 0.05) is 12.3 Å². The number of nitrogens with two attached hydrogens (primary N) is 1. The molecule has 0 aromatic rings. The van der Waals surface area contributed by atoms with E-state index in [-0.39, 0.29) is 17.6 Å². The summed E-state index contributed by atoms with van der Waals surface area (Å²) in [6.07, 6.45) is -0.256. The number of hydrogen-bond donors (Lipinski definition) is 6. The van der Waals surface area contributed by atoms with Crippen molar-refractivity contribution in [2.24, 2.45) is 11.7 Å². The molecule has 1 aliphatic rings. The van der Waals surface area contributed by atoms with Crippen molar-refractivity contribution in [3.63, 3.8) is 0 Å². The second kappa shape index (κ2) is 10.6. The third kappa shape index (κ3) is 6.08. The summed E-state index contributed by atoms with van der Waals surface area (Å²) in [6.45, 7) is 5.29. The molecule has 0 aliphatic carbocycles. The fraction of sp³-hybridized carbons (Fsp3) is 0.765. The highest BCUT2D eigenvalue weighted by Crippen LogP contribution is 2.20. The van der Waals surface area contributed by atoms with Crippen molar-refractivity contribution in [2.75, 3.05) is 12.3 Å². The fourth-order valence-electron chi connectivity index (χ4n) is 2.88. The van der Waals surface area contributed by atoms with E-state index in [0.29, 0.717) is 19.4 Å². The van der Waals surface area contributed by atoms with Gasteiger partial charge in [-0.3, -0.25) is 14.4 Å². The van der Waals surface area contributed by atoms with Gasteiger partial charge in [-0.15, -0.1) is 0 Å². The van der Waals surface area contributed by atoms with Crippen molar-refractivity contribution in [1.29, 1.82) is 0 Å². The average molecular weight is 419 g/mol. The van der Waals surface area contributed by atoms with E-state index < -0.39 is 48.1 Å². The molecule has 160 valence electrons. The molecule has 0 aromatic carbocycles. The highest BCUT2D eigenvalue weighted by atomic mass is 32.1. The first kappa shape index (κ1) is 24.2.